The Morgan fingerprint density at radius 1 is 1.26 bits per heavy atom. The zero-order chi connectivity index (χ0) is 15.3. The number of nitrogens with zero attached hydrogens (tertiary/aromatic N) is 2. The lowest BCUT2D eigenvalue weighted by atomic mass is 10.3. The van der Waals surface area contributed by atoms with E-state index in [2.05, 4.69) is 19.9 Å². The van der Waals surface area contributed by atoms with Gasteiger partial charge in [0.05, 0.1) is 6.61 Å². The van der Waals surface area contributed by atoms with Crippen LogP contribution >= 0.6 is 0 Å². The number of oxime groups is 2. The number of alkyl halides is 3. The molecule has 1 atom stereocenters. The van der Waals surface area contributed by atoms with Crippen molar-refractivity contribution in [1.29, 1.82) is 0 Å². The second kappa shape index (κ2) is 6.36. The van der Waals surface area contributed by atoms with Crippen molar-refractivity contribution in [1.82, 2.24) is 0 Å². The molecule has 0 aliphatic rings. The van der Waals surface area contributed by atoms with Crippen LogP contribution in [0.1, 0.15) is 20.8 Å². The monoisotopic (exact) mass is 286 g/mol. The first kappa shape index (κ1) is 17.2. The topological polar surface area (TPSA) is 101 Å². The summed E-state index contributed by atoms with van der Waals surface area (Å²) in [7, 11) is 0. The summed E-state index contributed by atoms with van der Waals surface area (Å²) in [6, 6.07) is 0. The summed E-state index contributed by atoms with van der Waals surface area (Å²) < 4.78 is 41.8. The molecule has 1 unspecified atom stereocenters. The SMILES string of the molecule is CCOC(=O)C(O)(ON=C(C)C(C)=NO)C(F)(F)F. The Morgan fingerprint density at radius 3 is 2.16 bits per heavy atom. The molecule has 110 valence electrons. The van der Waals surface area contributed by atoms with Crippen LogP contribution in [0, 0.1) is 0 Å². The lowest BCUT2D eigenvalue weighted by Crippen LogP contribution is -2.54. The lowest BCUT2D eigenvalue weighted by Gasteiger charge is -2.25. The van der Waals surface area contributed by atoms with E-state index in [0.717, 1.165) is 6.92 Å². The van der Waals surface area contributed by atoms with E-state index in [1.807, 2.05) is 0 Å². The highest BCUT2D eigenvalue weighted by atomic mass is 19.4. The molecule has 7 nitrogen and oxygen atoms in total. The third kappa shape index (κ3) is 4.09. The number of rotatable bonds is 5. The van der Waals surface area contributed by atoms with Gasteiger partial charge < -0.3 is 19.9 Å². The molecule has 0 aromatic carbocycles. The highest BCUT2D eigenvalue weighted by Crippen LogP contribution is 2.33. The fraction of sp³-hybridized carbons (Fsp3) is 0.667. The molecular weight excluding hydrogens is 273 g/mol. The molecular formula is C9H13F3N2O5. The minimum absolute atomic E-state index is 0.159. The molecule has 0 radical (unpaired) electrons. The summed E-state index contributed by atoms with van der Waals surface area (Å²) in [6.07, 6.45) is -5.45. The van der Waals surface area contributed by atoms with Gasteiger partial charge >= 0.3 is 17.9 Å². The van der Waals surface area contributed by atoms with E-state index in [-0.39, 0.29) is 18.0 Å². The van der Waals surface area contributed by atoms with Crippen LogP contribution in [0.5, 0.6) is 0 Å². The predicted octanol–water partition coefficient (Wildman–Crippen LogP) is 1.04. The fourth-order valence-electron chi connectivity index (χ4n) is 0.707. The second-order valence-corrected chi connectivity index (χ2v) is 3.32. The molecule has 0 spiro atoms. The van der Waals surface area contributed by atoms with Crippen molar-refractivity contribution >= 4 is 17.4 Å². The number of carbonyl (C=O) groups is 1. The zero-order valence-electron chi connectivity index (χ0n) is 10.4. The number of hydrogen-bond acceptors (Lipinski definition) is 7. The largest absolute Gasteiger partial charge is 0.470 e. The first-order valence-corrected chi connectivity index (χ1v) is 4.98. The molecule has 2 N–H and O–H groups in total. The van der Waals surface area contributed by atoms with Gasteiger partial charge in [0.25, 0.3) is 0 Å². The Labute approximate surface area is 106 Å². The minimum Gasteiger partial charge on any atom is -0.461 e. The van der Waals surface area contributed by atoms with E-state index < -0.39 is 17.9 Å². The summed E-state index contributed by atoms with van der Waals surface area (Å²) in [5, 5.41) is 23.1. The van der Waals surface area contributed by atoms with Crippen LogP contribution in [0.25, 0.3) is 0 Å². The molecule has 19 heavy (non-hydrogen) atoms. The number of ether oxygens (including phenoxy) is 1. The van der Waals surface area contributed by atoms with Gasteiger partial charge in [0.1, 0.15) is 11.4 Å². The Bertz CT molecular complexity index is 394. The molecule has 10 heteroatoms. The number of aliphatic hydroxyl groups is 1. The zero-order valence-corrected chi connectivity index (χ0v) is 10.4. The van der Waals surface area contributed by atoms with E-state index in [4.69, 9.17) is 5.21 Å². The van der Waals surface area contributed by atoms with Crippen LogP contribution in [-0.2, 0) is 14.4 Å². The molecule has 0 rings (SSSR count). The van der Waals surface area contributed by atoms with Gasteiger partial charge in [-0.05, 0) is 20.8 Å². The van der Waals surface area contributed by atoms with Crippen LogP contribution in [0.3, 0.4) is 0 Å². The fourth-order valence-corrected chi connectivity index (χ4v) is 0.707. The number of esters is 1. The summed E-state index contributed by atoms with van der Waals surface area (Å²) >= 11 is 0. The quantitative estimate of drug-likeness (QED) is 0.258. The van der Waals surface area contributed by atoms with Gasteiger partial charge in [0.15, 0.2) is 0 Å². The standard InChI is InChI=1S/C9H13F3N2O5/c1-4-18-7(15)8(16,9(10,11)12)19-14-6(3)5(2)13-17/h16-17H,4H2,1-3H3. The molecule has 0 saturated carbocycles. The number of hydrogen-bond donors (Lipinski definition) is 2. The smallest absolute Gasteiger partial charge is 0.461 e. The van der Waals surface area contributed by atoms with Crippen molar-refractivity contribution in [2.75, 3.05) is 6.61 Å². The van der Waals surface area contributed by atoms with Crippen molar-refractivity contribution in [3.8, 4) is 0 Å². The van der Waals surface area contributed by atoms with E-state index in [0.29, 0.717) is 0 Å². The summed E-state index contributed by atoms with van der Waals surface area (Å²) in [6.45, 7) is 3.24. The number of carbonyl (C=O) groups excluding carboxylic acids is 1. The molecule has 0 aromatic heterocycles. The van der Waals surface area contributed by atoms with Gasteiger partial charge in [-0.1, -0.05) is 10.3 Å². The summed E-state index contributed by atoms with van der Waals surface area (Å²) in [4.78, 5) is 14.9. The van der Waals surface area contributed by atoms with Crippen molar-refractivity contribution in [3.05, 3.63) is 0 Å². The molecule has 0 saturated heterocycles. The van der Waals surface area contributed by atoms with Crippen LogP contribution in [-0.4, -0.2) is 46.3 Å². The maximum atomic E-state index is 12.6. The van der Waals surface area contributed by atoms with E-state index in [9.17, 15) is 23.1 Å². The number of halogens is 3. The first-order valence-electron chi connectivity index (χ1n) is 4.98. The Morgan fingerprint density at radius 2 is 1.79 bits per heavy atom. The van der Waals surface area contributed by atoms with Gasteiger partial charge in [-0.15, -0.1) is 0 Å². The molecule has 0 aliphatic heterocycles. The van der Waals surface area contributed by atoms with E-state index in [1.54, 1.807) is 0 Å². The molecule has 0 amide bonds. The second-order valence-electron chi connectivity index (χ2n) is 3.32. The predicted molar refractivity (Wildman–Crippen MR) is 56.7 cm³/mol. The highest BCUT2D eigenvalue weighted by Gasteiger charge is 2.65. The molecule has 0 bridgehead atoms. The third-order valence-corrected chi connectivity index (χ3v) is 1.92. The van der Waals surface area contributed by atoms with Crippen molar-refractivity contribution in [3.63, 3.8) is 0 Å². The van der Waals surface area contributed by atoms with E-state index >= 15 is 0 Å². The van der Waals surface area contributed by atoms with Gasteiger partial charge in [0.2, 0.25) is 0 Å². The van der Waals surface area contributed by atoms with Crippen LogP contribution in [0.15, 0.2) is 10.3 Å². The molecule has 0 fully saturated rings. The maximum Gasteiger partial charge on any atom is 0.470 e. The molecule has 0 heterocycles. The maximum absolute atomic E-state index is 12.6. The normalized spacial score (nSPS) is 16.8. The summed E-state index contributed by atoms with van der Waals surface area (Å²) in [5.74, 6) is -6.27. The van der Waals surface area contributed by atoms with Gasteiger partial charge in [0, 0.05) is 0 Å². The van der Waals surface area contributed by atoms with Gasteiger partial charge in [-0.2, -0.15) is 13.2 Å². The average Bonchev–Trinajstić information content (AvgIpc) is 2.33. The van der Waals surface area contributed by atoms with E-state index in [1.165, 1.54) is 13.8 Å². The Balaban J connectivity index is 5.27. The van der Waals surface area contributed by atoms with Crippen molar-refractivity contribution < 1.29 is 37.9 Å². The lowest BCUT2D eigenvalue weighted by molar-refractivity contribution is -0.353. The third-order valence-electron chi connectivity index (χ3n) is 1.92. The first-order chi connectivity index (χ1) is 8.60. The Hall–Kier alpha value is -1.84. The summed E-state index contributed by atoms with van der Waals surface area (Å²) in [5.41, 5.74) is -0.428. The van der Waals surface area contributed by atoms with Crippen LogP contribution in [0.4, 0.5) is 13.2 Å². The van der Waals surface area contributed by atoms with Gasteiger partial charge in [-0.25, -0.2) is 4.79 Å². The average molecular weight is 286 g/mol. The molecule has 0 aromatic rings. The molecule has 0 aliphatic carbocycles. The van der Waals surface area contributed by atoms with Gasteiger partial charge in [-0.3, -0.25) is 0 Å². The van der Waals surface area contributed by atoms with Crippen LogP contribution in [0.2, 0.25) is 0 Å². The highest BCUT2D eigenvalue weighted by molar-refractivity contribution is 6.40. The Kier molecular flexibility index (Phi) is 5.75. The van der Waals surface area contributed by atoms with Crippen LogP contribution < -0.4 is 0 Å². The van der Waals surface area contributed by atoms with Crippen molar-refractivity contribution in [2.45, 2.75) is 32.7 Å². The minimum atomic E-state index is -5.45. The van der Waals surface area contributed by atoms with Crippen molar-refractivity contribution in [2.24, 2.45) is 10.3 Å².